The zero-order valence-corrected chi connectivity index (χ0v) is 15.6. The van der Waals surface area contributed by atoms with Crippen LogP contribution in [0.3, 0.4) is 0 Å². The molecule has 0 radical (unpaired) electrons. The fraction of sp³-hybridized carbons (Fsp3) is 0.400. The molecule has 3 rings (SSSR count). The molecule has 1 aliphatic heterocycles. The van der Waals surface area contributed by atoms with Crippen LogP contribution >= 0.6 is 0 Å². The predicted octanol–water partition coefficient (Wildman–Crippen LogP) is 2.75. The molecule has 3 heterocycles. The summed E-state index contributed by atoms with van der Waals surface area (Å²) in [6.07, 6.45) is 4.96. The number of halogens is 1. The summed E-state index contributed by atoms with van der Waals surface area (Å²) in [5.41, 5.74) is 0.991. The van der Waals surface area contributed by atoms with Gasteiger partial charge < -0.3 is 20.0 Å². The Morgan fingerprint density at radius 1 is 1.44 bits per heavy atom. The van der Waals surface area contributed by atoms with Crippen molar-refractivity contribution in [3.8, 4) is 0 Å². The lowest BCUT2D eigenvalue weighted by atomic mass is 10.2. The molecule has 1 fully saturated rings. The average Bonchev–Trinajstić information content (AvgIpc) is 3.32. The van der Waals surface area contributed by atoms with Gasteiger partial charge in [0, 0.05) is 38.3 Å². The van der Waals surface area contributed by atoms with E-state index in [0.29, 0.717) is 25.5 Å². The van der Waals surface area contributed by atoms with Crippen molar-refractivity contribution >= 4 is 11.8 Å². The Hall–Kier alpha value is -2.83. The number of hydrogen-bond donors (Lipinski definition) is 2. The molecule has 144 valence electrons. The first-order chi connectivity index (χ1) is 13.1. The first kappa shape index (κ1) is 18.9. The van der Waals surface area contributed by atoms with Crippen molar-refractivity contribution in [3.05, 3.63) is 60.5 Å². The van der Waals surface area contributed by atoms with Crippen LogP contribution in [0.2, 0.25) is 0 Å². The molecule has 2 aromatic heterocycles. The van der Waals surface area contributed by atoms with Crippen LogP contribution in [0.25, 0.3) is 0 Å². The third-order valence-electron chi connectivity index (χ3n) is 4.32. The van der Waals surface area contributed by atoms with Crippen LogP contribution in [0.1, 0.15) is 19.1 Å². The van der Waals surface area contributed by atoms with Crippen LogP contribution in [0.15, 0.2) is 58.3 Å². The summed E-state index contributed by atoms with van der Waals surface area (Å²) in [4.78, 5) is 10.7. The molecule has 27 heavy (non-hydrogen) atoms. The van der Waals surface area contributed by atoms with Crippen LogP contribution < -0.4 is 15.5 Å². The standard InChI is InChI=1S/C20H26FN5O/c1-15(2)13-24-20(23-10-7-17-5-4-12-27-17)25-16-8-11-26(14-16)19-18(21)6-3-9-22-19/h3-6,9,12,16H,1,7-8,10-11,13-14H2,2H3,(H2,23,24,25). The van der Waals surface area contributed by atoms with Crippen LogP contribution in [-0.2, 0) is 6.42 Å². The Bertz CT molecular complexity index is 774. The van der Waals surface area contributed by atoms with Gasteiger partial charge in [-0.3, -0.25) is 0 Å². The van der Waals surface area contributed by atoms with E-state index < -0.39 is 0 Å². The first-order valence-electron chi connectivity index (χ1n) is 9.19. The second-order valence-corrected chi connectivity index (χ2v) is 6.76. The minimum absolute atomic E-state index is 0.173. The van der Waals surface area contributed by atoms with Gasteiger partial charge >= 0.3 is 0 Å². The summed E-state index contributed by atoms with van der Waals surface area (Å²) in [6.45, 7) is 8.56. The van der Waals surface area contributed by atoms with Gasteiger partial charge in [-0.05, 0) is 37.6 Å². The van der Waals surface area contributed by atoms with E-state index in [2.05, 4.69) is 27.2 Å². The minimum atomic E-state index is -0.286. The summed E-state index contributed by atoms with van der Waals surface area (Å²) in [5.74, 6) is 1.79. The maximum atomic E-state index is 14.0. The summed E-state index contributed by atoms with van der Waals surface area (Å²) >= 11 is 0. The van der Waals surface area contributed by atoms with Gasteiger partial charge in [0.05, 0.1) is 12.8 Å². The summed E-state index contributed by atoms with van der Waals surface area (Å²) < 4.78 is 19.3. The van der Waals surface area contributed by atoms with E-state index in [4.69, 9.17) is 4.42 Å². The first-order valence-corrected chi connectivity index (χ1v) is 9.19. The van der Waals surface area contributed by atoms with E-state index in [-0.39, 0.29) is 11.9 Å². The van der Waals surface area contributed by atoms with Gasteiger partial charge in [0.1, 0.15) is 5.76 Å². The number of aliphatic imine (C=N–C) groups is 1. The number of nitrogens with zero attached hydrogens (tertiary/aromatic N) is 3. The number of anilines is 1. The molecule has 7 heteroatoms. The van der Waals surface area contributed by atoms with E-state index >= 15 is 0 Å². The lowest BCUT2D eigenvalue weighted by molar-refractivity contribution is 0.506. The Balaban J connectivity index is 1.56. The van der Waals surface area contributed by atoms with Crippen LogP contribution in [0.4, 0.5) is 10.2 Å². The van der Waals surface area contributed by atoms with Crippen molar-refractivity contribution in [2.24, 2.45) is 4.99 Å². The van der Waals surface area contributed by atoms with Gasteiger partial charge in [-0.2, -0.15) is 0 Å². The molecule has 0 spiro atoms. The molecule has 1 unspecified atom stereocenters. The molecule has 2 N–H and O–H groups in total. The Labute approximate surface area is 159 Å². The molecule has 6 nitrogen and oxygen atoms in total. The molecule has 0 aromatic carbocycles. The molecule has 0 bridgehead atoms. The van der Waals surface area contributed by atoms with Crippen molar-refractivity contribution in [3.63, 3.8) is 0 Å². The maximum Gasteiger partial charge on any atom is 0.191 e. The highest BCUT2D eigenvalue weighted by atomic mass is 19.1. The van der Waals surface area contributed by atoms with Crippen LogP contribution in [-0.4, -0.2) is 43.2 Å². The number of rotatable bonds is 7. The van der Waals surface area contributed by atoms with Gasteiger partial charge in [-0.15, -0.1) is 0 Å². The van der Waals surface area contributed by atoms with Gasteiger partial charge in [-0.1, -0.05) is 12.2 Å². The van der Waals surface area contributed by atoms with Crippen molar-refractivity contribution in [2.75, 3.05) is 31.1 Å². The third-order valence-corrected chi connectivity index (χ3v) is 4.32. The van der Waals surface area contributed by atoms with Gasteiger partial charge in [0.2, 0.25) is 0 Å². The highest BCUT2D eigenvalue weighted by molar-refractivity contribution is 5.80. The van der Waals surface area contributed by atoms with E-state index in [0.717, 1.165) is 36.7 Å². The molecule has 0 amide bonds. The van der Waals surface area contributed by atoms with Crippen molar-refractivity contribution in [2.45, 2.75) is 25.8 Å². The smallest absolute Gasteiger partial charge is 0.191 e. The van der Waals surface area contributed by atoms with Gasteiger partial charge in [0.15, 0.2) is 17.6 Å². The third kappa shape index (κ3) is 5.57. The molecule has 1 atom stereocenters. The highest BCUT2D eigenvalue weighted by Gasteiger charge is 2.25. The lowest BCUT2D eigenvalue weighted by Gasteiger charge is -2.20. The Morgan fingerprint density at radius 2 is 2.33 bits per heavy atom. The minimum Gasteiger partial charge on any atom is -0.469 e. The molecule has 1 aliphatic rings. The molecular weight excluding hydrogens is 345 g/mol. The molecular formula is C20H26FN5O. The maximum absolute atomic E-state index is 14.0. The van der Waals surface area contributed by atoms with Gasteiger partial charge in [0.25, 0.3) is 0 Å². The van der Waals surface area contributed by atoms with Crippen molar-refractivity contribution in [1.29, 1.82) is 0 Å². The fourth-order valence-electron chi connectivity index (χ4n) is 3.00. The molecule has 1 saturated heterocycles. The van der Waals surface area contributed by atoms with Crippen LogP contribution in [0, 0.1) is 5.82 Å². The molecule has 0 saturated carbocycles. The average molecular weight is 371 g/mol. The Kier molecular flexibility index (Phi) is 6.46. The van der Waals surface area contributed by atoms with Crippen molar-refractivity contribution in [1.82, 2.24) is 15.6 Å². The second-order valence-electron chi connectivity index (χ2n) is 6.76. The number of hydrogen-bond acceptors (Lipinski definition) is 4. The molecule has 0 aliphatic carbocycles. The van der Waals surface area contributed by atoms with E-state index in [1.54, 1.807) is 18.5 Å². The van der Waals surface area contributed by atoms with E-state index in [1.807, 2.05) is 24.0 Å². The summed E-state index contributed by atoms with van der Waals surface area (Å²) in [7, 11) is 0. The normalized spacial score (nSPS) is 17.2. The fourth-order valence-corrected chi connectivity index (χ4v) is 3.00. The van der Waals surface area contributed by atoms with Crippen LogP contribution in [0.5, 0.6) is 0 Å². The van der Waals surface area contributed by atoms with E-state index in [1.165, 1.54) is 6.07 Å². The monoisotopic (exact) mass is 371 g/mol. The number of pyridine rings is 1. The zero-order valence-electron chi connectivity index (χ0n) is 15.6. The van der Waals surface area contributed by atoms with Crippen molar-refractivity contribution < 1.29 is 8.81 Å². The number of guanidine groups is 1. The Morgan fingerprint density at radius 3 is 3.07 bits per heavy atom. The highest BCUT2D eigenvalue weighted by Crippen LogP contribution is 2.20. The second kappa shape index (κ2) is 9.21. The topological polar surface area (TPSA) is 65.7 Å². The SMILES string of the molecule is C=C(C)CN=C(NCCc1ccco1)NC1CCN(c2ncccc2F)C1. The quantitative estimate of drug-likeness (QED) is 0.445. The number of nitrogens with one attached hydrogen (secondary N) is 2. The zero-order chi connectivity index (χ0) is 19.1. The van der Waals surface area contributed by atoms with E-state index in [9.17, 15) is 4.39 Å². The predicted molar refractivity (Wildman–Crippen MR) is 105 cm³/mol. The molecule has 2 aromatic rings. The summed E-state index contributed by atoms with van der Waals surface area (Å²) in [6, 6.07) is 7.06. The number of furan rings is 1. The van der Waals surface area contributed by atoms with Gasteiger partial charge in [-0.25, -0.2) is 14.4 Å². The lowest BCUT2D eigenvalue weighted by Crippen LogP contribution is -2.45. The number of aromatic nitrogens is 1. The summed E-state index contributed by atoms with van der Waals surface area (Å²) in [5, 5.41) is 6.78. The largest absolute Gasteiger partial charge is 0.469 e.